The van der Waals surface area contributed by atoms with Crippen molar-refractivity contribution in [1.82, 2.24) is 10.2 Å². The number of carbonyl (C=O) groups is 1. The molecule has 0 unspecified atom stereocenters. The van der Waals surface area contributed by atoms with E-state index in [1.165, 1.54) is 12.1 Å². The molecule has 0 aliphatic heterocycles. The van der Waals surface area contributed by atoms with Crippen LogP contribution < -0.4 is 5.32 Å². The molecule has 0 aliphatic carbocycles. The van der Waals surface area contributed by atoms with Crippen molar-refractivity contribution < 1.29 is 22.0 Å². The lowest BCUT2D eigenvalue weighted by molar-refractivity contribution is -0.116. The summed E-state index contributed by atoms with van der Waals surface area (Å²) in [6.07, 6.45) is 0.0642. The quantitative estimate of drug-likeness (QED) is 0.623. The largest absolute Gasteiger partial charge is 0.403 e. The van der Waals surface area contributed by atoms with Crippen LogP contribution in [0.1, 0.15) is 12.8 Å². The summed E-state index contributed by atoms with van der Waals surface area (Å²) in [5, 5.41) is 10.0. The summed E-state index contributed by atoms with van der Waals surface area (Å²) in [7, 11) is -3.58. The molecule has 1 aromatic heterocycles. The number of amides is 1. The fourth-order valence-corrected chi connectivity index (χ4v) is 3.65. The van der Waals surface area contributed by atoms with E-state index in [9.17, 15) is 17.6 Å². The Morgan fingerprint density at radius 1 is 1.04 bits per heavy atom. The van der Waals surface area contributed by atoms with E-state index < -0.39 is 21.6 Å². The number of nitrogens with zero attached hydrogens (tertiary/aromatic N) is 2. The van der Waals surface area contributed by atoms with Crippen LogP contribution in [-0.2, 0) is 14.6 Å². The number of nitrogens with one attached hydrogen (secondary N) is 1. The van der Waals surface area contributed by atoms with Crippen molar-refractivity contribution in [1.29, 1.82) is 0 Å². The summed E-state index contributed by atoms with van der Waals surface area (Å²) >= 11 is 0. The highest BCUT2D eigenvalue weighted by atomic mass is 32.2. The molecule has 0 spiro atoms. The van der Waals surface area contributed by atoms with Crippen molar-refractivity contribution in [3.05, 3.63) is 60.4 Å². The number of anilines is 1. The Balaban J connectivity index is 1.51. The van der Waals surface area contributed by atoms with Gasteiger partial charge in [0.1, 0.15) is 5.82 Å². The van der Waals surface area contributed by atoms with Gasteiger partial charge in [-0.25, -0.2) is 12.8 Å². The van der Waals surface area contributed by atoms with Crippen molar-refractivity contribution in [3.63, 3.8) is 0 Å². The summed E-state index contributed by atoms with van der Waals surface area (Å²) in [5.41, 5.74) is 0.718. The van der Waals surface area contributed by atoms with E-state index in [0.29, 0.717) is 0 Å². The molecule has 0 fully saturated rings. The van der Waals surface area contributed by atoms with E-state index in [4.69, 9.17) is 4.42 Å². The summed E-state index contributed by atoms with van der Waals surface area (Å²) in [5.74, 6) is -0.911. The van der Waals surface area contributed by atoms with Crippen LogP contribution in [0.4, 0.5) is 10.4 Å². The maximum atomic E-state index is 12.9. The highest BCUT2D eigenvalue weighted by Gasteiger charge is 2.16. The molecule has 0 saturated heterocycles. The molecule has 3 aromatic rings. The molecule has 140 valence electrons. The van der Waals surface area contributed by atoms with E-state index in [1.807, 2.05) is 18.2 Å². The minimum atomic E-state index is -3.58. The summed E-state index contributed by atoms with van der Waals surface area (Å²) in [6.45, 7) is 0. The van der Waals surface area contributed by atoms with Crippen LogP contribution in [0, 0.1) is 5.82 Å². The number of benzene rings is 2. The second-order valence-corrected chi connectivity index (χ2v) is 7.81. The van der Waals surface area contributed by atoms with Crippen molar-refractivity contribution in [2.24, 2.45) is 0 Å². The molecule has 0 bridgehead atoms. The van der Waals surface area contributed by atoms with E-state index in [-0.39, 0.29) is 35.4 Å². The molecule has 2 aromatic carbocycles. The average Bonchev–Trinajstić information content (AvgIpc) is 3.11. The maximum Gasteiger partial charge on any atom is 0.322 e. The number of hydrogen-bond acceptors (Lipinski definition) is 6. The van der Waals surface area contributed by atoms with Crippen LogP contribution in [0.5, 0.6) is 0 Å². The van der Waals surface area contributed by atoms with Crippen LogP contribution in [-0.4, -0.2) is 30.3 Å². The van der Waals surface area contributed by atoms with Gasteiger partial charge in [0.05, 0.1) is 10.6 Å². The molecule has 1 heterocycles. The molecule has 0 radical (unpaired) electrons. The molecule has 0 aliphatic rings. The number of halogens is 1. The molecule has 3 rings (SSSR count). The second-order valence-electron chi connectivity index (χ2n) is 5.70. The first-order chi connectivity index (χ1) is 12.9. The smallest absolute Gasteiger partial charge is 0.322 e. The zero-order valence-electron chi connectivity index (χ0n) is 14.1. The molecule has 7 nitrogen and oxygen atoms in total. The highest BCUT2D eigenvalue weighted by molar-refractivity contribution is 7.91. The Morgan fingerprint density at radius 3 is 2.44 bits per heavy atom. The fraction of sp³-hybridized carbons (Fsp3) is 0.167. The molecule has 27 heavy (non-hydrogen) atoms. The first-order valence-electron chi connectivity index (χ1n) is 8.11. The van der Waals surface area contributed by atoms with Gasteiger partial charge in [0, 0.05) is 12.0 Å². The van der Waals surface area contributed by atoms with Gasteiger partial charge in [0.15, 0.2) is 9.84 Å². The Labute approximate surface area is 155 Å². The van der Waals surface area contributed by atoms with Gasteiger partial charge in [-0.3, -0.25) is 10.1 Å². The normalized spacial score (nSPS) is 11.3. The second kappa shape index (κ2) is 8.09. The third kappa shape index (κ3) is 4.98. The molecular formula is C18H16FN3O4S. The number of hydrogen-bond donors (Lipinski definition) is 1. The minimum Gasteiger partial charge on any atom is -0.403 e. The van der Waals surface area contributed by atoms with E-state index in [0.717, 1.165) is 17.7 Å². The Hall–Kier alpha value is -3.07. The topological polar surface area (TPSA) is 102 Å². The first kappa shape index (κ1) is 18.7. The van der Waals surface area contributed by atoms with Gasteiger partial charge in [-0.1, -0.05) is 23.3 Å². The summed E-state index contributed by atoms with van der Waals surface area (Å²) < 4.78 is 42.5. The highest BCUT2D eigenvalue weighted by Crippen LogP contribution is 2.19. The minimum absolute atomic E-state index is 0.0220. The lowest BCUT2D eigenvalue weighted by atomic mass is 10.2. The Morgan fingerprint density at radius 2 is 1.74 bits per heavy atom. The van der Waals surface area contributed by atoms with Gasteiger partial charge in [-0.05, 0) is 42.8 Å². The monoisotopic (exact) mass is 389 g/mol. The van der Waals surface area contributed by atoms with Gasteiger partial charge in [0.25, 0.3) is 0 Å². The maximum absolute atomic E-state index is 12.9. The SMILES string of the molecule is O=C(CCCS(=O)(=O)c1ccc(F)cc1)Nc1nnc(-c2ccccc2)o1. The van der Waals surface area contributed by atoms with Crippen LogP contribution in [0.15, 0.2) is 63.9 Å². The van der Waals surface area contributed by atoms with Crippen molar-refractivity contribution in [2.45, 2.75) is 17.7 Å². The van der Waals surface area contributed by atoms with Crippen LogP contribution in [0.3, 0.4) is 0 Å². The predicted molar refractivity (Wildman–Crippen MR) is 96.1 cm³/mol. The first-order valence-corrected chi connectivity index (χ1v) is 9.76. The number of aromatic nitrogens is 2. The number of sulfone groups is 1. The fourth-order valence-electron chi connectivity index (χ4n) is 2.34. The number of carbonyl (C=O) groups excluding carboxylic acids is 1. The van der Waals surface area contributed by atoms with E-state index >= 15 is 0 Å². The van der Waals surface area contributed by atoms with Gasteiger partial charge >= 0.3 is 6.01 Å². The lowest BCUT2D eigenvalue weighted by Gasteiger charge is -2.04. The third-order valence-electron chi connectivity index (χ3n) is 3.68. The molecule has 0 saturated carbocycles. The molecule has 0 atom stereocenters. The number of rotatable bonds is 7. The molecule has 1 N–H and O–H groups in total. The molecule has 9 heteroatoms. The summed E-state index contributed by atoms with van der Waals surface area (Å²) in [6, 6.07) is 13.6. The van der Waals surface area contributed by atoms with Crippen molar-refractivity contribution >= 4 is 21.8 Å². The van der Waals surface area contributed by atoms with Crippen LogP contribution in [0.2, 0.25) is 0 Å². The van der Waals surface area contributed by atoms with Gasteiger partial charge in [0.2, 0.25) is 11.8 Å². The Bertz CT molecular complexity index is 1020. The zero-order chi connectivity index (χ0) is 19.3. The van der Waals surface area contributed by atoms with Gasteiger partial charge in [-0.2, -0.15) is 0 Å². The van der Waals surface area contributed by atoms with E-state index in [2.05, 4.69) is 15.5 Å². The van der Waals surface area contributed by atoms with E-state index in [1.54, 1.807) is 12.1 Å². The van der Waals surface area contributed by atoms with Crippen LogP contribution in [0.25, 0.3) is 11.5 Å². The van der Waals surface area contributed by atoms with Crippen LogP contribution >= 0.6 is 0 Å². The zero-order valence-corrected chi connectivity index (χ0v) is 14.9. The van der Waals surface area contributed by atoms with Crippen molar-refractivity contribution in [3.8, 4) is 11.5 Å². The average molecular weight is 389 g/mol. The molecule has 1 amide bonds. The lowest BCUT2D eigenvalue weighted by Crippen LogP contribution is -2.14. The van der Waals surface area contributed by atoms with Gasteiger partial charge < -0.3 is 4.42 Å². The molecular weight excluding hydrogens is 373 g/mol. The van der Waals surface area contributed by atoms with Gasteiger partial charge in [-0.15, -0.1) is 5.10 Å². The third-order valence-corrected chi connectivity index (χ3v) is 5.50. The standard InChI is InChI=1S/C18H16FN3O4S/c19-14-8-10-15(11-9-14)27(24,25)12-4-7-16(23)20-18-22-21-17(26-18)13-5-2-1-3-6-13/h1-3,5-6,8-11H,4,7,12H2,(H,20,22,23). The van der Waals surface area contributed by atoms with Crippen molar-refractivity contribution in [2.75, 3.05) is 11.1 Å². The predicted octanol–water partition coefficient (Wildman–Crippen LogP) is 3.07. The Kier molecular flexibility index (Phi) is 5.60. The summed E-state index contributed by atoms with van der Waals surface area (Å²) in [4.78, 5) is 12.0.